The van der Waals surface area contributed by atoms with E-state index in [9.17, 15) is 5.26 Å². The zero-order valence-corrected chi connectivity index (χ0v) is 11.6. The predicted molar refractivity (Wildman–Crippen MR) is 75.4 cm³/mol. The fourth-order valence-corrected chi connectivity index (χ4v) is 1.89. The number of nitrogens with one attached hydrogen (secondary N) is 1. The summed E-state index contributed by atoms with van der Waals surface area (Å²) >= 11 is 9.35. The third kappa shape index (κ3) is 3.00. The fraction of sp³-hybridized carbons (Fsp3) is 0.0769. The summed E-state index contributed by atoms with van der Waals surface area (Å²) in [6, 6.07) is 12.6. The van der Waals surface area contributed by atoms with Crippen LogP contribution in [0.4, 0.5) is 5.69 Å². The average molecular weight is 323 g/mol. The number of rotatable bonds is 3. The number of pyridine rings is 1. The molecule has 2 aromatic rings. The normalized spacial score (nSPS) is 11.6. The molecule has 1 heterocycles. The van der Waals surface area contributed by atoms with Gasteiger partial charge in [-0.25, -0.2) is 0 Å². The molecule has 0 radical (unpaired) electrons. The molecule has 0 bridgehead atoms. The van der Waals surface area contributed by atoms with Crippen molar-refractivity contribution >= 4 is 33.2 Å². The Hall–Kier alpha value is -1.57. The number of hydrogen-bond acceptors (Lipinski definition) is 3. The van der Waals surface area contributed by atoms with Crippen molar-refractivity contribution in [2.45, 2.75) is 6.04 Å². The van der Waals surface area contributed by atoms with Gasteiger partial charge in [-0.3, -0.25) is 4.98 Å². The zero-order valence-electron chi connectivity index (χ0n) is 9.27. The highest BCUT2D eigenvalue weighted by Gasteiger charge is 2.12. The Kier molecular flexibility index (Phi) is 4.19. The van der Waals surface area contributed by atoms with Crippen molar-refractivity contribution in [2.75, 3.05) is 5.32 Å². The summed E-state index contributed by atoms with van der Waals surface area (Å²) in [5.41, 5.74) is 1.37. The molecule has 0 saturated heterocycles. The first-order chi connectivity index (χ1) is 8.70. The molecule has 0 fully saturated rings. The van der Waals surface area contributed by atoms with E-state index < -0.39 is 6.04 Å². The third-order valence-corrected chi connectivity index (χ3v) is 3.15. The maximum atomic E-state index is 9.19. The molecular weight excluding hydrogens is 314 g/mol. The molecule has 1 atom stereocenters. The first-order valence-electron chi connectivity index (χ1n) is 5.23. The maximum Gasteiger partial charge on any atom is 0.157 e. The highest BCUT2D eigenvalue weighted by molar-refractivity contribution is 9.10. The molecule has 0 aliphatic rings. The topological polar surface area (TPSA) is 48.7 Å². The molecule has 1 aromatic carbocycles. The van der Waals surface area contributed by atoms with Gasteiger partial charge in [-0.2, -0.15) is 5.26 Å². The lowest BCUT2D eigenvalue weighted by Crippen LogP contribution is -2.10. The molecule has 0 saturated carbocycles. The van der Waals surface area contributed by atoms with Gasteiger partial charge in [-0.05, 0) is 40.2 Å². The number of halogens is 2. The number of anilines is 1. The van der Waals surface area contributed by atoms with Crippen LogP contribution >= 0.6 is 27.5 Å². The van der Waals surface area contributed by atoms with Crippen LogP contribution in [0.25, 0.3) is 0 Å². The van der Waals surface area contributed by atoms with Gasteiger partial charge in [-0.15, -0.1) is 0 Å². The van der Waals surface area contributed by atoms with E-state index >= 15 is 0 Å². The zero-order chi connectivity index (χ0) is 13.0. The molecule has 90 valence electrons. The molecule has 0 spiro atoms. The second-order valence-corrected chi connectivity index (χ2v) is 4.91. The number of nitriles is 1. The molecule has 1 aromatic heterocycles. The Balaban J connectivity index is 2.23. The van der Waals surface area contributed by atoms with Crippen LogP contribution in [0.2, 0.25) is 5.02 Å². The quantitative estimate of drug-likeness (QED) is 0.922. The van der Waals surface area contributed by atoms with Gasteiger partial charge in [0, 0.05) is 10.7 Å². The number of aromatic nitrogens is 1. The first kappa shape index (κ1) is 12.9. The van der Waals surface area contributed by atoms with Crippen LogP contribution in [0.1, 0.15) is 11.7 Å². The second-order valence-electron chi connectivity index (χ2n) is 3.59. The van der Waals surface area contributed by atoms with Gasteiger partial charge < -0.3 is 5.32 Å². The standard InChI is InChI=1S/C13H9BrClN3/c14-9-5-6-12(17-8-9)13(7-16)18-11-4-2-1-3-10(11)15/h1-6,8,13,18H. The summed E-state index contributed by atoms with van der Waals surface area (Å²) < 4.78 is 0.876. The van der Waals surface area contributed by atoms with Gasteiger partial charge in [0.05, 0.1) is 22.5 Å². The number of benzene rings is 1. The Morgan fingerprint density at radius 2 is 2.06 bits per heavy atom. The molecular formula is C13H9BrClN3. The molecule has 0 amide bonds. The van der Waals surface area contributed by atoms with Gasteiger partial charge in [0.15, 0.2) is 6.04 Å². The number of nitrogens with zero attached hydrogens (tertiary/aromatic N) is 2. The van der Waals surface area contributed by atoms with Gasteiger partial charge >= 0.3 is 0 Å². The van der Waals surface area contributed by atoms with Crippen molar-refractivity contribution < 1.29 is 0 Å². The lowest BCUT2D eigenvalue weighted by molar-refractivity contribution is 0.932. The van der Waals surface area contributed by atoms with Crippen LogP contribution in [-0.2, 0) is 0 Å². The summed E-state index contributed by atoms with van der Waals surface area (Å²) in [4.78, 5) is 4.20. The van der Waals surface area contributed by atoms with E-state index in [1.165, 1.54) is 0 Å². The van der Waals surface area contributed by atoms with Crippen molar-refractivity contribution in [1.29, 1.82) is 5.26 Å². The van der Waals surface area contributed by atoms with Gasteiger partial charge in [0.25, 0.3) is 0 Å². The van der Waals surface area contributed by atoms with E-state index in [4.69, 9.17) is 11.6 Å². The van der Waals surface area contributed by atoms with Crippen LogP contribution < -0.4 is 5.32 Å². The summed E-state index contributed by atoms with van der Waals surface area (Å²) in [5.74, 6) is 0. The summed E-state index contributed by atoms with van der Waals surface area (Å²) in [5, 5.41) is 12.8. The van der Waals surface area contributed by atoms with Crippen molar-refractivity contribution in [3.63, 3.8) is 0 Å². The van der Waals surface area contributed by atoms with Gasteiger partial charge in [0.2, 0.25) is 0 Å². The molecule has 1 unspecified atom stereocenters. The summed E-state index contributed by atoms with van der Waals surface area (Å²) in [7, 11) is 0. The number of para-hydroxylation sites is 1. The van der Waals surface area contributed by atoms with E-state index in [0.717, 1.165) is 10.2 Å². The predicted octanol–water partition coefficient (Wildman–Crippen LogP) is 4.17. The molecule has 1 N–H and O–H groups in total. The van der Waals surface area contributed by atoms with Crippen LogP contribution in [0.15, 0.2) is 47.1 Å². The Morgan fingerprint density at radius 1 is 1.28 bits per heavy atom. The summed E-state index contributed by atoms with van der Waals surface area (Å²) in [6.45, 7) is 0. The Bertz CT molecular complexity index is 578. The largest absolute Gasteiger partial charge is 0.364 e. The van der Waals surface area contributed by atoms with Crippen molar-refractivity contribution in [3.05, 3.63) is 57.8 Å². The van der Waals surface area contributed by atoms with E-state index in [1.54, 1.807) is 18.3 Å². The van der Waals surface area contributed by atoms with Crippen molar-refractivity contribution in [3.8, 4) is 6.07 Å². The fourth-order valence-electron chi connectivity index (χ4n) is 1.46. The average Bonchev–Trinajstić information content (AvgIpc) is 2.39. The van der Waals surface area contributed by atoms with Crippen LogP contribution in [0, 0.1) is 11.3 Å². The minimum Gasteiger partial charge on any atom is -0.364 e. The highest BCUT2D eigenvalue weighted by Crippen LogP contribution is 2.25. The molecule has 0 aliphatic carbocycles. The minimum atomic E-state index is -0.530. The Morgan fingerprint density at radius 3 is 2.67 bits per heavy atom. The lowest BCUT2D eigenvalue weighted by atomic mass is 10.2. The van der Waals surface area contributed by atoms with Crippen LogP contribution in [0.3, 0.4) is 0 Å². The van der Waals surface area contributed by atoms with E-state index in [-0.39, 0.29) is 0 Å². The van der Waals surface area contributed by atoms with E-state index in [1.807, 2.05) is 24.3 Å². The summed E-state index contributed by atoms with van der Waals surface area (Å²) in [6.07, 6.45) is 1.66. The Labute approximate surface area is 119 Å². The van der Waals surface area contributed by atoms with E-state index in [2.05, 4.69) is 32.3 Å². The van der Waals surface area contributed by atoms with Crippen LogP contribution in [-0.4, -0.2) is 4.98 Å². The molecule has 0 aliphatic heterocycles. The SMILES string of the molecule is N#CC(Nc1ccccc1Cl)c1ccc(Br)cn1. The third-order valence-electron chi connectivity index (χ3n) is 2.35. The van der Waals surface area contributed by atoms with Crippen molar-refractivity contribution in [1.82, 2.24) is 4.98 Å². The highest BCUT2D eigenvalue weighted by atomic mass is 79.9. The van der Waals surface area contributed by atoms with Crippen LogP contribution in [0.5, 0.6) is 0 Å². The first-order valence-corrected chi connectivity index (χ1v) is 6.40. The minimum absolute atomic E-state index is 0.530. The van der Waals surface area contributed by atoms with E-state index in [0.29, 0.717) is 10.7 Å². The molecule has 5 heteroatoms. The van der Waals surface area contributed by atoms with Crippen molar-refractivity contribution in [2.24, 2.45) is 0 Å². The monoisotopic (exact) mass is 321 g/mol. The smallest absolute Gasteiger partial charge is 0.157 e. The molecule has 18 heavy (non-hydrogen) atoms. The van der Waals surface area contributed by atoms with Gasteiger partial charge in [0.1, 0.15) is 0 Å². The van der Waals surface area contributed by atoms with Gasteiger partial charge in [-0.1, -0.05) is 23.7 Å². The maximum absolute atomic E-state index is 9.19. The number of hydrogen-bond donors (Lipinski definition) is 1. The molecule has 2 rings (SSSR count). The lowest BCUT2D eigenvalue weighted by Gasteiger charge is -2.13. The second kappa shape index (κ2) is 5.85. The molecule has 3 nitrogen and oxygen atoms in total.